The van der Waals surface area contributed by atoms with Crippen molar-refractivity contribution >= 4 is 11.6 Å². The second-order valence-corrected chi connectivity index (χ2v) is 5.12. The van der Waals surface area contributed by atoms with E-state index in [1.54, 1.807) is 11.8 Å². The molecule has 0 atom stereocenters. The summed E-state index contributed by atoms with van der Waals surface area (Å²) in [6.45, 7) is 2.92. The molecule has 1 heterocycles. The van der Waals surface area contributed by atoms with Gasteiger partial charge < -0.3 is 14.8 Å². The number of para-hydroxylation sites is 1. The number of nitrogens with zero attached hydrogens (tertiary/aromatic N) is 2. The third-order valence-corrected chi connectivity index (χ3v) is 3.75. The van der Waals surface area contributed by atoms with Crippen molar-refractivity contribution in [2.24, 2.45) is 7.05 Å². The molecule has 1 aromatic heterocycles. The Bertz CT molecular complexity index is 626. The van der Waals surface area contributed by atoms with E-state index < -0.39 is 0 Å². The number of hydrogen-bond acceptors (Lipinski definition) is 4. The van der Waals surface area contributed by atoms with Crippen molar-refractivity contribution in [2.75, 3.05) is 14.2 Å². The molecule has 114 valence electrons. The number of ether oxygens (including phenoxy) is 2. The van der Waals surface area contributed by atoms with E-state index in [2.05, 4.69) is 10.4 Å². The Balaban J connectivity index is 2.26. The lowest BCUT2D eigenvalue weighted by molar-refractivity contribution is 0.272. The van der Waals surface area contributed by atoms with Gasteiger partial charge in [0, 0.05) is 19.2 Å². The van der Waals surface area contributed by atoms with Gasteiger partial charge in [0.1, 0.15) is 6.61 Å². The molecule has 0 saturated carbocycles. The molecule has 0 saturated heterocycles. The molecule has 2 aromatic rings. The fraction of sp³-hybridized carbons (Fsp3) is 0.400. The van der Waals surface area contributed by atoms with Gasteiger partial charge in [-0.15, -0.1) is 0 Å². The second-order valence-electron chi connectivity index (χ2n) is 4.74. The van der Waals surface area contributed by atoms with Gasteiger partial charge in [-0.25, -0.2) is 0 Å². The monoisotopic (exact) mass is 309 g/mol. The van der Waals surface area contributed by atoms with Crippen molar-refractivity contribution in [2.45, 2.75) is 20.1 Å². The standard InChI is InChI=1S/C15H20ClN3O2/c1-10-14(16)12(19(3)18-10)9-21-15-11(8-17-2)6-5-7-13(15)20-4/h5-7,17H,8-9H2,1-4H3. The van der Waals surface area contributed by atoms with Crippen LogP contribution in [0, 0.1) is 6.92 Å². The van der Waals surface area contributed by atoms with Crippen molar-refractivity contribution in [1.82, 2.24) is 15.1 Å². The van der Waals surface area contributed by atoms with Gasteiger partial charge in [0.15, 0.2) is 11.5 Å². The Morgan fingerprint density at radius 2 is 2.14 bits per heavy atom. The Morgan fingerprint density at radius 3 is 2.71 bits per heavy atom. The van der Waals surface area contributed by atoms with Gasteiger partial charge >= 0.3 is 0 Å². The molecule has 2 rings (SSSR count). The highest BCUT2D eigenvalue weighted by Crippen LogP contribution is 2.32. The zero-order valence-corrected chi connectivity index (χ0v) is 13.5. The summed E-state index contributed by atoms with van der Waals surface area (Å²) in [6, 6.07) is 5.83. The minimum atomic E-state index is 0.341. The van der Waals surface area contributed by atoms with Gasteiger partial charge in [-0.2, -0.15) is 5.10 Å². The summed E-state index contributed by atoms with van der Waals surface area (Å²) in [5, 5.41) is 8.05. The van der Waals surface area contributed by atoms with Crippen molar-refractivity contribution in [1.29, 1.82) is 0 Å². The lowest BCUT2D eigenvalue weighted by Gasteiger charge is -2.15. The van der Waals surface area contributed by atoms with Gasteiger partial charge in [0.05, 0.1) is 23.5 Å². The molecule has 0 fully saturated rings. The number of aromatic nitrogens is 2. The molecular formula is C15H20ClN3O2. The van der Waals surface area contributed by atoms with Crippen LogP contribution in [-0.4, -0.2) is 23.9 Å². The van der Waals surface area contributed by atoms with E-state index in [9.17, 15) is 0 Å². The summed E-state index contributed by atoms with van der Waals surface area (Å²) in [7, 11) is 5.38. The first kappa shape index (κ1) is 15.7. The highest BCUT2D eigenvalue weighted by Gasteiger charge is 2.15. The van der Waals surface area contributed by atoms with Crippen LogP contribution in [-0.2, 0) is 20.2 Å². The smallest absolute Gasteiger partial charge is 0.166 e. The first-order chi connectivity index (χ1) is 10.1. The highest BCUT2D eigenvalue weighted by molar-refractivity contribution is 6.31. The maximum atomic E-state index is 6.25. The predicted molar refractivity (Wildman–Crippen MR) is 83.0 cm³/mol. The van der Waals surface area contributed by atoms with Crippen LogP contribution in [0.25, 0.3) is 0 Å². The predicted octanol–water partition coefficient (Wildman–Crippen LogP) is 2.69. The molecule has 21 heavy (non-hydrogen) atoms. The van der Waals surface area contributed by atoms with Crippen LogP contribution in [0.5, 0.6) is 11.5 Å². The quantitative estimate of drug-likeness (QED) is 0.891. The lowest BCUT2D eigenvalue weighted by Crippen LogP contribution is -2.10. The van der Waals surface area contributed by atoms with E-state index in [0.717, 1.165) is 22.7 Å². The molecule has 0 spiro atoms. The van der Waals surface area contributed by atoms with E-state index >= 15 is 0 Å². The lowest BCUT2D eigenvalue weighted by atomic mass is 10.2. The minimum absolute atomic E-state index is 0.341. The summed E-state index contributed by atoms with van der Waals surface area (Å²) in [6.07, 6.45) is 0. The van der Waals surface area contributed by atoms with E-state index in [1.165, 1.54) is 0 Å². The van der Waals surface area contributed by atoms with Gasteiger partial charge in [0.25, 0.3) is 0 Å². The maximum absolute atomic E-state index is 6.25. The number of methoxy groups -OCH3 is 1. The molecule has 0 radical (unpaired) electrons. The number of halogens is 1. The number of hydrogen-bond donors (Lipinski definition) is 1. The molecular weight excluding hydrogens is 290 g/mol. The Kier molecular flexibility index (Phi) is 5.09. The van der Waals surface area contributed by atoms with Crippen molar-refractivity contribution in [3.8, 4) is 11.5 Å². The average molecular weight is 310 g/mol. The first-order valence-electron chi connectivity index (χ1n) is 6.69. The molecule has 0 amide bonds. The normalized spacial score (nSPS) is 10.7. The SMILES string of the molecule is CNCc1cccc(OC)c1OCc1c(Cl)c(C)nn1C. The van der Waals surface area contributed by atoms with E-state index in [1.807, 2.05) is 39.2 Å². The Hall–Kier alpha value is -1.72. The zero-order chi connectivity index (χ0) is 15.4. The van der Waals surface area contributed by atoms with Crippen LogP contribution in [0.2, 0.25) is 5.02 Å². The van der Waals surface area contributed by atoms with Crippen molar-refractivity contribution in [3.05, 3.63) is 40.2 Å². The number of rotatable bonds is 6. The van der Waals surface area contributed by atoms with Gasteiger partial charge in [-0.05, 0) is 20.0 Å². The third kappa shape index (κ3) is 3.31. The van der Waals surface area contributed by atoms with Crippen LogP contribution in [0.3, 0.4) is 0 Å². The summed E-state index contributed by atoms with van der Waals surface area (Å²) in [5.41, 5.74) is 2.68. The fourth-order valence-corrected chi connectivity index (χ4v) is 2.41. The van der Waals surface area contributed by atoms with Crippen LogP contribution < -0.4 is 14.8 Å². The molecule has 0 aliphatic heterocycles. The molecule has 1 N–H and O–H groups in total. The first-order valence-corrected chi connectivity index (χ1v) is 7.07. The Morgan fingerprint density at radius 1 is 1.38 bits per heavy atom. The highest BCUT2D eigenvalue weighted by atomic mass is 35.5. The number of aryl methyl sites for hydroxylation is 2. The maximum Gasteiger partial charge on any atom is 0.166 e. The molecule has 0 aliphatic rings. The molecule has 0 bridgehead atoms. The summed E-state index contributed by atoms with van der Waals surface area (Å²) in [4.78, 5) is 0. The van der Waals surface area contributed by atoms with E-state index in [-0.39, 0.29) is 0 Å². The third-order valence-electron chi connectivity index (χ3n) is 3.26. The number of benzene rings is 1. The molecule has 6 heteroatoms. The van der Waals surface area contributed by atoms with Gasteiger partial charge in [-0.1, -0.05) is 23.7 Å². The largest absolute Gasteiger partial charge is 0.493 e. The molecule has 0 unspecified atom stereocenters. The van der Waals surface area contributed by atoms with Crippen LogP contribution in [0.15, 0.2) is 18.2 Å². The minimum Gasteiger partial charge on any atom is -0.493 e. The average Bonchev–Trinajstić information content (AvgIpc) is 2.71. The number of nitrogens with one attached hydrogen (secondary N) is 1. The summed E-state index contributed by atoms with van der Waals surface area (Å²) >= 11 is 6.25. The van der Waals surface area contributed by atoms with Crippen LogP contribution in [0.4, 0.5) is 0 Å². The van der Waals surface area contributed by atoms with Crippen LogP contribution >= 0.6 is 11.6 Å². The topological polar surface area (TPSA) is 48.3 Å². The fourth-order valence-electron chi connectivity index (χ4n) is 2.19. The summed E-state index contributed by atoms with van der Waals surface area (Å²) < 4.78 is 13.1. The van der Waals surface area contributed by atoms with E-state index in [4.69, 9.17) is 21.1 Å². The van der Waals surface area contributed by atoms with Crippen LogP contribution in [0.1, 0.15) is 17.0 Å². The van der Waals surface area contributed by atoms with Crippen molar-refractivity contribution < 1.29 is 9.47 Å². The molecule has 0 aliphatic carbocycles. The van der Waals surface area contributed by atoms with Crippen molar-refractivity contribution in [3.63, 3.8) is 0 Å². The molecule has 5 nitrogen and oxygen atoms in total. The second kappa shape index (κ2) is 6.83. The molecule has 1 aromatic carbocycles. The van der Waals surface area contributed by atoms with Gasteiger partial charge in [-0.3, -0.25) is 4.68 Å². The van der Waals surface area contributed by atoms with Gasteiger partial charge in [0.2, 0.25) is 0 Å². The summed E-state index contributed by atoms with van der Waals surface area (Å²) in [5.74, 6) is 1.43. The zero-order valence-electron chi connectivity index (χ0n) is 12.7. The van der Waals surface area contributed by atoms with E-state index in [0.29, 0.717) is 23.9 Å². The Labute approximate surface area is 129 Å².